The van der Waals surface area contributed by atoms with Crippen LogP contribution in [0.1, 0.15) is 0 Å². The van der Waals surface area contributed by atoms with Crippen LogP contribution in [0.5, 0.6) is 0 Å². The lowest BCUT2D eigenvalue weighted by Gasteiger charge is -2.17. The Hall–Kier alpha value is -1.23. The van der Waals surface area contributed by atoms with Gasteiger partial charge in [0.1, 0.15) is 0 Å². The second kappa shape index (κ2) is 3.88. The van der Waals surface area contributed by atoms with Gasteiger partial charge >= 0.3 is 0 Å². The normalized spacial score (nSPS) is 11.1. The quantitative estimate of drug-likeness (QED) is 0.820. The molecule has 0 radical (unpaired) electrons. The molecule has 0 amide bonds. The Kier molecular flexibility index (Phi) is 3.00. The van der Waals surface area contributed by atoms with E-state index in [0.29, 0.717) is 5.69 Å². The molecule has 78 valence electrons. The van der Waals surface area contributed by atoms with Crippen molar-refractivity contribution in [3.63, 3.8) is 0 Å². The Morgan fingerprint density at radius 1 is 1.21 bits per heavy atom. The van der Waals surface area contributed by atoms with Crippen LogP contribution in [0.25, 0.3) is 0 Å². The molecule has 5 heteroatoms. The van der Waals surface area contributed by atoms with Gasteiger partial charge in [-0.3, -0.25) is 4.72 Å². The van der Waals surface area contributed by atoms with Crippen LogP contribution >= 0.6 is 0 Å². The van der Waals surface area contributed by atoms with Crippen LogP contribution in [0.2, 0.25) is 0 Å². The largest absolute Gasteiger partial charge is 0.376 e. The van der Waals surface area contributed by atoms with Crippen LogP contribution in [-0.2, 0) is 10.0 Å². The topological polar surface area (TPSA) is 49.4 Å². The molecule has 0 heterocycles. The molecule has 1 N–H and O–H groups in total. The van der Waals surface area contributed by atoms with E-state index in [0.717, 1.165) is 11.9 Å². The fraction of sp³-hybridized carbons (Fsp3) is 0.333. The molecule has 0 fully saturated rings. The fourth-order valence-corrected chi connectivity index (χ4v) is 1.72. The summed E-state index contributed by atoms with van der Waals surface area (Å²) >= 11 is 0. The van der Waals surface area contributed by atoms with Crippen molar-refractivity contribution in [3.05, 3.63) is 24.3 Å². The third kappa shape index (κ3) is 2.92. The molecule has 4 nitrogen and oxygen atoms in total. The Balaban J connectivity index is 3.08. The van der Waals surface area contributed by atoms with Gasteiger partial charge in [0.2, 0.25) is 10.0 Å². The zero-order valence-corrected chi connectivity index (χ0v) is 9.30. The predicted molar refractivity (Wildman–Crippen MR) is 59.2 cm³/mol. The Bertz CT molecular complexity index is 413. The standard InChI is InChI=1S/C9H14N2O2S/c1-11(2)9-7-5-4-6-8(9)10-14(3,12)13/h4-7,10H,1-3H3. The van der Waals surface area contributed by atoms with E-state index in [4.69, 9.17) is 0 Å². The van der Waals surface area contributed by atoms with E-state index < -0.39 is 10.0 Å². The van der Waals surface area contributed by atoms with Gasteiger partial charge in [-0.2, -0.15) is 0 Å². The molecule has 1 rings (SSSR count). The number of hydrogen-bond donors (Lipinski definition) is 1. The van der Waals surface area contributed by atoms with Crippen LogP contribution in [0.15, 0.2) is 24.3 Å². The fourth-order valence-electron chi connectivity index (χ4n) is 1.15. The van der Waals surface area contributed by atoms with Gasteiger partial charge in [0.05, 0.1) is 17.6 Å². The SMILES string of the molecule is CN(C)c1ccccc1NS(C)(=O)=O. The summed E-state index contributed by atoms with van der Waals surface area (Å²) in [5.41, 5.74) is 1.44. The van der Waals surface area contributed by atoms with Crippen molar-refractivity contribution in [2.45, 2.75) is 0 Å². The van der Waals surface area contributed by atoms with Crippen LogP contribution in [0.4, 0.5) is 11.4 Å². The number of anilines is 2. The highest BCUT2D eigenvalue weighted by Crippen LogP contribution is 2.23. The predicted octanol–water partition coefficient (Wildman–Crippen LogP) is 1.12. The molecule has 0 unspecified atom stereocenters. The molecule has 0 aromatic heterocycles. The molecule has 0 spiro atoms. The van der Waals surface area contributed by atoms with E-state index >= 15 is 0 Å². The highest BCUT2D eigenvalue weighted by atomic mass is 32.2. The lowest BCUT2D eigenvalue weighted by molar-refractivity contribution is 0.607. The van der Waals surface area contributed by atoms with E-state index in [9.17, 15) is 8.42 Å². The van der Waals surface area contributed by atoms with E-state index in [1.807, 2.05) is 31.1 Å². The molecule has 0 atom stereocenters. The zero-order chi connectivity index (χ0) is 10.8. The number of nitrogens with zero attached hydrogens (tertiary/aromatic N) is 1. The minimum Gasteiger partial charge on any atom is -0.376 e. The molecule has 1 aromatic rings. The summed E-state index contributed by atoms with van der Waals surface area (Å²) in [4.78, 5) is 1.85. The maximum Gasteiger partial charge on any atom is 0.229 e. The minimum atomic E-state index is -3.21. The Morgan fingerprint density at radius 2 is 1.79 bits per heavy atom. The second-order valence-electron chi connectivity index (χ2n) is 3.29. The number of sulfonamides is 1. The molecule has 14 heavy (non-hydrogen) atoms. The first-order chi connectivity index (χ1) is 6.40. The van der Waals surface area contributed by atoms with E-state index in [1.165, 1.54) is 0 Å². The van der Waals surface area contributed by atoms with Crippen LogP contribution < -0.4 is 9.62 Å². The number of nitrogens with one attached hydrogen (secondary N) is 1. The molecule has 0 bridgehead atoms. The van der Waals surface area contributed by atoms with Crippen molar-refractivity contribution < 1.29 is 8.42 Å². The van der Waals surface area contributed by atoms with Gasteiger partial charge in [-0.15, -0.1) is 0 Å². The van der Waals surface area contributed by atoms with Crippen molar-refractivity contribution in [2.24, 2.45) is 0 Å². The summed E-state index contributed by atoms with van der Waals surface area (Å²) in [5.74, 6) is 0. The first-order valence-electron chi connectivity index (χ1n) is 4.14. The lowest BCUT2D eigenvalue weighted by Crippen LogP contribution is -2.15. The monoisotopic (exact) mass is 214 g/mol. The minimum absolute atomic E-state index is 0.597. The maximum absolute atomic E-state index is 11.0. The summed E-state index contributed by atoms with van der Waals surface area (Å²) < 4.78 is 24.6. The van der Waals surface area contributed by atoms with Crippen molar-refractivity contribution in [2.75, 3.05) is 30.0 Å². The smallest absolute Gasteiger partial charge is 0.229 e. The first-order valence-corrected chi connectivity index (χ1v) is 6.03. The summed E-state index contributed by atoms with van der Waals surface area (Å²) in [6, 6.07) is 7.24. The summed E-state index contributed by atoms with van der Waals surface area (Å²) in [6.45, 7) is 0. The van der Waals surface area contributed by atoms with Gasteiger partial charge in [0.25, 0.3) is 0 Å². The van der Waals surface area contributed by atoms with E-state index in [2.05, 4.69) is 4.72 Å². The van der Waals surface area contributed by atoms with Crippen molar-refractivity contribution in [3.8, 4) is 0 Å². The molecule has 0 aliphatic carbocycles. The molecule has 0 saturated carbocycles. The van der Waals surface area contributed by atoms with Gasteiger partial charge in [-0.05, 0) is 12.1 Å². The number of rotatable bonds is 3. The molecule has 0 aliphatic heterocycles. The van der Waals surface area contributed by atoms with Gasteiger partial charge in [-0.25, -0.2) is 8.42 Å². The van der Waals surface area contributed by atoms with Gasteiger partial charge in [0, 0.05) is 14.1 Å². The molecular formula is C9H14N2O2S. The third-order valence-corrected chi connectivity index (χ3v) is 2.27. The molecule has 0 saturated heterocycles. The summed E-state index contributed by atoms with van der Waals surface area (Å²) in [5, 5.41) is 0. The van der Waals surface area contributed by atoms with Gasteiger partial charge in [0.15, 0.2) is 0 Å². The van der Waals surface area contributed by atoms with Crippen LogP contribution in [0.3, 0.4) is 0 Å². The highest BCUT2D eigenvalue weighted by molar-refractivity contribution is 7.92. The number of benzene rings is 1. The maximum atomic E-state index is 11.0. The zero-order valence-electron chi connectivity index (χ0n) is 8.48. The molecular weight excluding hydrogens is 200 g/mol. The third-order valence-electron chi connectivity index (χ3n) is 1.68. The van der Waals surface area contributed by atoms with Gasteiger partial charge in [-0.1, -0.05) is 12.1 Å². The average Bonchev–Trinajstić information content (AvgIpc) is 2.01. The van der Waals surface area contributed by atoms with Crippen molar-refractivity contribution in [1.82, 2.24) is 0 Å². The summed E-state index contributed by atoms with van der Waals surface area (Å²) in [6.07, 6.45) is 1.14. The number of hydrogen-bond acceptors (Lipinski definition) is 3. The number of para-hydroxylation sites is 2. The van der Waals surface area contributed by atoms with Crippen LogP contribution in [0, 0.1) is 0 Å². The van der Waals surface area contributed by atoms with E-state index in [-0.39, 0.29) is 0 Å². The Labute approximate surface area is 84.6 Å². The van der Waals surface area contributed by atoms with Crippen molar-refractivity contribution >= 4 is 21.4 Å². The van der Waals surface area contributed by atoms with Crippen molar-refractivity contribution in [1.29, 1.82) is 0 Å². The summed E-state index contributed by atoms with van der Waals surface area (Å²) in [7, 11) is 0.518. The van der Waals surface area contributed by atoms with E-state index in [1.54, 1.807) is 12.1 Å². The average molecular weight is 214 g/mol. The second-order valence-corrected chi connectivity index (χ2v) is 5.03. The van der Waals surface area contributed by atoms with Crippen LogP contribution in [-0.4, -0.2) is 28.8 Å². The van der Waals surface area contributed by atoms with Gasteiger partial charge < -0.3 is 4.90 Å². The molecule has 1 aromatic carbocycles. The lowest BCUT2D eigenvalue weighted by atomic mass is 10.2. The first kappa shape index (κ1) is 10.8. The Morgan fingerprint density at radius 3 is 2.29 bits per heavy atom. The highest BCUT2D eigenvalue weighted by Gasteiger charge is 2.07. The molecule has 0 aliphatic rings.